The molecule has 1 heterocycles. The van der Waals surface area contributed by atoms with Gasteiger partial charge in [0, 0.05) is 32.5 Å². The van der Waals surface area contributed by atoms with E-state index in [1.54, 1.807) is 7.11 Å². The number of rotatable bonds is 4. The molecular formula is C8H15NOS. The van der Waals surface area contributed by atoms with Gasteiger partial charge in [0.1, 0.15) is 0 Å². The van der Waals surface area contributed by atoms with Crippen molar-refractivity contribution in [2.45, 2.75) is 6.10 Å². The van der Waals surface area contributed by atoms with E-state index in [4.69, 9.17) is 4.74 Å². The van der Waals surface area contributed by atoms with Crippen LogP contribution in [0.1, 0.15) is 0 Å². The van der Waals surface area contributed by atoms with E-state index in [2.05, 4.69) is 24.1 Å². The summed E-state index contributed by atoms with van der Waals surface area (Å²) in [6.45, 7) is 6.95. The number of nitrogens with zero attached hydrogens (tertiary/aromatic N) is 1. The fourth-order valence-corrected chi connectivity index (χ4v) is 1.27. The van der Waals surface area contributed by atoms with Crippen LogP contribution in [0.5, 0.6) is 0 Å². The molecule has 0 unspecified atom stereocenters. The van der Waals surface area contributed by atoms with Crippen LogP contribution in [0.4, 0.5) is 0 Å². The van der Waals surface area contributed by atoms with E-state index >= 15 is 0 Å². The molecule has 0 spiro atoms. The molecule has 0 aliphatic carbocycles. The summed E-state index contributed by atoms with van der Waals surface area (Å²) in [5.41, 5.74) is 1.18. The van der Waals surface area contributed by atoms with Crippen molar-refractivity contribution < 1.29 is 4.74 Å². The van der Waals surface area contributed by atoms with E-state index in [-0.39, 0.29) is 0 Å². The fraction of sp³-hybridized carbons (Fsp3) is 0.750. The number of hydrogen-bond donors (Lipinski definition) is 1. The highest BCUT2D eigenvalue weighted by atomic mass is 32.1. The third-order valence-corrected chi connectivity index (χ3v) is 2.38. The smallest absolute Gasteiger partial charge is 0.0825 e. The second-order valence-electron chi connectivity index (χ2n) is 2.96. The molecule has 0 saturated carbocycles. The molecule has 1 saturated heterocycles. The van der Waals surface area contributed by atoms with Gasteiger partial charge in [0.15, 0.2) is 0 Å². The van der Waals surface area contributed by atoms with Gasteiger partial charge >= 0.3 is 0 Å². The summed E-state index contributed by atoms with van der Waals surface area (Å²) in [5.74, 6) is 0.786. The quantitative estimate of drug-likeness (QED) is 0.499. The summed E-state index contributed by atoms with van der Waals surface area (Å²) in [7, 11) is 1.76. The van der Waals surface area contributed by atoms with E-state index in [1.165, 1.54) is 5.57 Å². The van der Waals surface area contributed by atoms with Crippen LogP contribution in [0.25, 0.3) is 0 Å². The Morgan fingerprint density at radius 2 is 2.36 bits per heavy atom. The van der Waals surface area contributed by atoms with Crippen molar-refractivity contribution in [3.63, 3.8) is 0 Å². The van der Waals surface area contributed by atoms with Crippen LogP contribution in [0, 0.1) is 0 Å². The maximum absolute atomic E-state index is 5.14. The standard InChI is InChI=1S/C8H15NOS/c1-7(6-11)3-9-4-8(5-9)10-2/h8,11H,1,3-6H2,2H3. The Kier molecular flexibility index (Phi) is 3.43. The fourth-order valence-electron chi connectivity index (χ4n) is 1.17. The summed E-state index contributed by atoms with van der Waals surface area (Å²) in [6.07, 6.45) is 0.447. The molecular weight excluding hydrogens is 158 g/mol. The van der Waals surface area contributed by atoms with Crippen molar-refractivity contribution in [1.29, 1.82) is 0 Å². The zero-order valence-corrected chi connectivity index (χ0v) is 7.81. The summed E-state index contributed by atoms with van der Waals surface area (Å²) in [4.78, 5) is 2.31. The van der Waals surface area contributed by atoms with E-state index in [9.17, 15) is 0 Å². The zero-order valence-electron chi connectivity index (χ0n) is 6.92. The molecule has 0 radical (unpaired) electrons. The molecule has 0 aromatic rings. The predicted octanol–water partition coefficient (Wildman–Crippen LogP) is 0.803. The van der Waals surface area contributed by atoms with Gasteiger partial charge < -0.3 is 4.74 Å². The molecule has 0 bridgehead atoms. The maximum Gasteiger partial charge on any atom is 0.0825 e. The molecule has 0 amide bonds. The summed E-state index contributed by atoms with van der Waals surface area (Å²) in [6, 6.07) is 0. The Morgan fingerprint density at radius 3 is 2.82 bits per heavy atom. The molecule has 0 atom stereocenters. The molecule has 64 valence electrons. The lowest BCUT2D eigenvalue weighted by atomic mass is 10.1. The Morgan fingerprint density at radius 1 is 1.73 bits per heavy atom. The Balaban J connectivity index is 2.08. The van der Waals surface area contributed by atoms with Crippen molar-refractivity contribution in [1.82, 2.24) is 4.90 Å². The number of hydrogen-bond acceptors (Lipinski definition) is 3. The summed E-state index contributed by atoms with van der Waals surface area (Å²) < 4.78 is 5.14. The second-order valence-corrected chi connectivity index (χ2v) is 3.28. The first-order valence-electron chi connectivity index (χ1n) is 3.79. The number of ether oxygens (including phenoxy) is 1. The second kappa shape index (κ2) is 4.14. The van der Waals surface area contributed by atoms with E-state index in [0.717, 1.165) is 25.4 Å². The van der Waals surface area contributed by atoms with Crippen LogP contribution in [-0.2, 0) is 4.74 Å². The minimum absolute atomic E-state index is 0.447. The molecule has 0 aromatic heterocycles. The molecule has 0 N–H and O–H groups in total. The highest BCUT2D eigenvalue weighted by Crippen LogP contribution is 2.12. The van der Waals surface area contributed by atoms with Gasteiger partial charge in [0.25, 0.3) is 0 Å². The molecule has 3 heteroatoms. The zero-order chi connectivity index (χ0) is 8.27. The van der Waals surface area contributed by atoms with E-state index in [1.807, 2.05) is 0 Å². The van der Waals surface area contributed by atoms with Crippen LogP contribution in [0.15, 0.2) is 12.2 Å². The number of methoxy groups -OCH3 is 1. The average Bonchev–Trinajstić information content (AvgIpc) is 1.95. The van der Waals surface area contributed by atoms with Gasteiger partial charge in [-0.05, 0) is 0 Å². The molecule has 1 aliphatic rings. The lowest BCUT2D eigenvalue weighted by molar-refractivity contribution is -0.0243. The topological polar surface area (TPSA) is 12.5 Å². The molecule has 11 heavy (non-hydrogen) atoms. The number of likely N-dealkylation sites (tertiary alicyclic amines) is 1. The van der Waals surface area contributed by atoms with Gasteiger partial charge in [0.2, 0.25) is 0 Å². The Hall–Kier alpha value is 0.01000. The first-order valence-corrected chi connectivity index (χ1v) is 4.42. The average molecular weight is 173 g/mol. The molecule has 2 nitrogen and oxygen atoms in total. The van der Waals surface area contributed by atoms with Gasteiger partial charge in [-0.25, -0.2) is 0 Å². The lowest BCUT2D eigenvalue weighted by Gasteiger charge is -2.38. The molecule has 0 aromatic carbocycles. The third-order valence-electron chi connectivity index (χ3n) is 1.93. The van der Waals surface area contributed by atoms with Crippen LogP contribution in [0.2, 0.25) is 0 Å². The van der Waals surface area contributed by atoms with Crippen molar-refractivity contribution in [3.8, 4) is 0 Å². The Bertz CT molecular complexity index is 143. The van der Waals surface area contributed by atoms with Gasteiger partial charge in [0.05, 0.1) is 6.10 Å². The largest absolute Gasteiger partial charge is 0.379 e. The Labute approximate surface area is 73.6 Å². The van der Waals surface area contributed by atoms with Gasteiger partial charge in [-0.1, -0.05) is 12.2 Å². The summed E-state index contributed by atoms with van der Waals surface area (Å²) >= 11 is 4.14. The maximum atomic E-state index is 5.14. The minimum atomic E-state index is 0.447. The van der Waals surface area contributed by atoms with Gasteiger partial charge in [-0.2, -0.15) is 12.6 Å². The van der Waals surface area contributed by atoms with Crippen molar-refractivity contribution in [2.75, 3.05) is 32.5 Å². The van der Waals surface area contributed by atoms with E-state index < -0.39 is 0 Å². The van der Waals surface area contributed by atoms with E-state index in [0.29, 0.717) is 6.10 Å². The van der Waals surface area contributed by atoms with Crippen LogP contribution >= 0.6 is 12.6 Å². The lowest BCUT2D eigenvalue weighted by Crippen LogP contribution is -2.52. The van der Waals surface area contributed by atoms with Gasteiger partial charge in [-0.3, -0.25) is 4.90 Å². The first kappa shape index (κ1) is 9.10. The molecule has 1 rings (SSSR count). The summed E-state index contributed by atoms with van der Waals surface area (Å²) in [5, 5.41) is 0. The van der Waals surface area contributed by atoms with Crippen molar-refractivity contribution in [2.24, 2.45) is 0 Å². The SMILES string of the molecule is C=C(CS)CN1CC(OC)C1. The van der Waals surface area contributed by atoms with Crippen molar-refractivity contribution >= 4 is 12.6 Å². The number of thiol groups is 1. The normalized spacial score (nSPS) is 19.8. The van der Waals surface area contributed by atoms with Crippen LogP contribution in [-0.4, -0.2) is 43.5 Å². The predicted molar refractivity (Wildman–Crippen MR) is 50.2 cm³/mol. The minimum Gasteiger partial charge on any atom is -0.379 e. The monoisotopic (exact) mass is 173 g/mol. The molecule has 1 fully saturated rings. The van der Waals surface area contributed by atoms with Crippen LogP contribution < -0.4 is 0 Å². The highest BCUT2D eigenvalue weighted by Gasteiger charge is 2.25. The van der Waals surface area contributed by atoms with Gasteiger partial charge in [-0.15, -0.1) is 0 Å². The van der Waals surface area contributed by atoms with Crippen LogP contribution in [0.3, 0.4) is 0 Å². The van der Waals surface area contributed by atoms with Crippen molar-refractivity contribution in [3.05, 3.63) is 12.2 Å². The third kappa shape index (κ3) is 2.51. The first-order chi connectivity index (χ1) is 5.26. The highest BCUT2D eigenvalue weighted by molar-refractivity contribution is 7.80. The molecule has 1 aliphatic heterocycles.